The summed E-state index contributed by atoms with van der Waals surface area (Å²) in [5.74, 6) is -0.627. The smallest absolute Gasteiger partial charge is 0.253 e. The molecule has 0 unspecified atom stereocenters. The molecular formula is C16H15BrFNO. The third-order valence-corrected chi connectivity index (χ3v) is 3.66. The van der Waals surface area contributed by atoms with Gasteiger partial charge in [-0.25, -0.2) is 4.39 Å². The van der Waals surface area contributed by atoms with E-state index in [0.717, 1.165) is 11.1 Å². The van der Waals surface area contributed by atoms with Crippen LogP contribution in [0.2, 0.25) is 0 Å². The predicted molar refractivity (Wildman–Crippen MR) is 81.1 cm³/mol. The fraction of sp³-hybridized carbons (Fsp3) is 0.188. The van der Waals surface area contributed by atoms with E-state index in [4.69, 9.17) is 0 Å². The normalized spacial score (nSPS) is 10.4. The molecule has 0 fully saturated rings. The van der Waals surface area contributed by atoms with Crippen molar-refractivity contribution in [2.24, 2.45) is 0 Å². The van der Waals surface area contributed by atoms with E-state index >= 15 is 0 Å². The number of aryl methyl sites for hydroxylation is 1. The van der Waals surface area contributed by atoms with Gasteiger partial charge in [0, 0.05) is 19.2 Å². The number of carbonyl (C=O) groups is 1. The number of amides is 1. The number of benzene rings is 2. The van der Waals surface area contributed by atoms with Gasteiger partial charge in [-0.1, -0.05) is 29.8 Å². The summed E-state index contributed by atoms with van der Waals surface area (Å²) in [6.07, 6.45) is 0. The Bertz CT molecular complexity index is 642. The SMILES string of the molecule is Cc1cccc(CN(C)C(=O)c2ccc(Br)c(F)c2)c1. The lowest BCUT2D eigenvalue weighted by atomic mass is 10.1. The van der Waals surface area contributed by atoms with Crippen LogP contribution in [0.1, 0.15) is 21.5 Å². The summed E-state index contributed by atoms with van der Waals surface area (Å²) in [4.78, 5) is 13.8. The van der Waals surface area contributed by atoms with Crippen LogP contribution in [0.4, 0.5) is 4.39 Å². The standard InChI is InChI=1S/C16H15BrFNO/c1-11-4-3-5-12(8-11)10-19(2)16(20)13-6-7-14(17)15(18)9-13/h3-9H,10H2,1-2H3. The topological polar surface area (TPSA) is 20.3 Å². The molecule has 2 aromatic carbocycles. The molecule has 2 aromatic rings. The number of hydrogen-bond acceptors (Lipinski definition) is 1. The lowest BCUT2D eigenvalue weighted by Gasteiger charge is -2.17. The van der Waals surface area contributed by atoms with Gasteiger partial charge in [0.05, 0.1) is 4.47 Å². The van der Waals surface area contributed by atoms with E-state index in [1.807, 2.05) is 31.2 Å². The molecule has 0 aliphatic heterocycles. The lowest BCUT2D eigenvalue weighted by molar-refractivity contribution is 0.0784. The summed E-state index contributed by atoms with van der Waals surface area (Å²) in [6, 6.07) is 12.4. The Morgan fingerprint density at radius 3 is 2.65 bits per heavy atom. The average molecular weight is 336 g/mol. The van der Waals surface area contributed by atoms with E-state index in [1.54, 1.807) is 24.1 Å². The number of hydrogen-bond donors (Lipinski definition) is 0. The first-order chi connectivity index (χ1) is 9.47. The Hall–Kier alpha value is -1.68. The summed E-state index contributed by atoms with van der Waals surface area (Å²) in [5.41, 5.74) is 2.55. The molecule has 0 aliphatic rings. The van der Waals surface area contributed by atoms with Gasteiger partial charge in [0.1, 0.15) is 5.82 Å². The Morgan fingerprint density at radius 1 is 1.25 bits per heavy atom. The fourth-order valence-electron chi connectivity index (χ4n) is 2.01. The molecule has 0 saturated carbocycles. The molecule has 0 saturated heterocycles. The van der Waals surface area contributed by atoms with Crippen molar-refractivity contribution in [3.63, 3.8) is 0 Å². The Labute approximate surface area is 126 Å². The fourth-order valence-corrected chi connectivity index (χ4v) is 2.25. The summed E-state index contributed by atoms with van der Waals surface area (Å²) in [6.45, 7) is 2.51. The molecule has 0 aromatic heterocycles. The first kappa shape index (κ1) is 14.7. The molecule has 2 rings (SSSR count). The minimum absolute atomic E-state index is 0.196. The summed E-state index contributed by atoms with van der Waals surface area (Å²) >= 11 is 3.08. The predicted octanol–water partition coefficient (Wildman–Crippen LogP) is 4.17. The van der Waals surface area contributed by atoms with Crippen LogP contribution in [0.5, 0.6) is 0 Å². The molecule has 0 aliphatic carbocycles. The van der Waals surface area contributed by atoms with E-state index in [-0.39, 0.29) is 5.91 Å². The van der Waals surface area contributed by atoms with Crippen molar-refractivity contribution in [3.05, 3.63) is 69.4 Å². The largest absolute Gasteiger partial charge is 0.337 e. The third kappa shape index (κ3) is 3.45. The van der Waals surface area contributed by atoms with Crippen LogP contribution in [-0.2, 0) is 6.54 Å². The van der Waals surface area contributed by atoms with Gasteiger partial charge in [-0.2, -0.15) is 0 Å². The second-order valence-electron chi connectivity index (χ2n) is 4.78. The minimum Gasteiger partial charge on any atom is -0.337 e. The zero-order valence-corrected chi connectivity index (χ0v) is 12.9. The number of rotatable bonds is 3. The van der Waals surface area contributed by atoms with Gasteiger partial charge >= 0.3 is 0 Å². The van der Waals surface area contributed by atoms with E-state index in [2.05, 4.69) is 15.9 Å². The zero-order valence-electron chi connectivity index (χ0n) is 11.4. The molecule has 0 radical (unpaired) electrons. The maximum Gasteiger partial charge on any atom is 0.253 e. The molecule has 0 atom stereocenters. The highest BCUT2D eigenvalue weighted by Crippen LogP contribution is 2.18. The van der Waals surface area contributed by atoms with Crippen molar-refractivity contribution in [1.29, 1.82) is 0 Å². The van der Waals surface area contributed by atoms with Crippen molar-refractivity contribution in [1.82, 2.24) is 4.90 Å². The Balaban J connectivity index is 2.14. The maximum atomic E-state index is 13.5. The van der Waals surface area contributed by atoms with Crippen LogP contribution in [0.3, 0.4) is 0 Å². The number of halogens is 2. The van der Waals surface area contributed by atoms with Crippen molar-refractivity contribution >= 4 is 21.8 Å². The molecule has 104 valence electrons. The Kier molecular flexibility index (Phi) is 4.55. The highest BCUT2D eigenvalue weighted by Gasteiger charge is 2.13. The minimum atomic E-state index is -0.431. The van der Waals surface area contributed by atoms with Crippen molar-refractivity contribution in [2.45, 2.75) is 13.5 Å². The highest BCUT2D eigenvalue weighted by molar-refractivity contribution is 9.10. The van der Waals surface area contributed by atoms with Crippen LogP contribution >= 0.6 is 15.9 Å². The summed E-state index contributed by atoms with van der Waals surface area (Å²) in [5, 5.41) is 0. The van der Waals surface area contributed by atoms with Gasteiger partial charge in [-0.3, -0.25) is 4.79 Å². The van der Waals surface area contributed by atoms with Gasteiger partial charge < -0.3 is 4.90 Å². The van der Waals surface area contributed by atoms with Gasteiger partial charge in [0.15, 0.2) is 0 Å². The van der Waals surface area contributed by atoms with Gasteiger partial charge in [0.25, 0.3) is 5.91 Å². The van der Waals surface area contributed by atoms with Crippen LogP contribution in [0.15, 0.2) is 46.9 Å². The number of nitrogens with zero attached hydrogens (tertiary/aromatic N) is 1. The average Bonchev–Trinajstić information content (AvgIpc) is 2.41. The molecule has 0 heterocycles. The van der Waals surface area contributed by atoms with E-state index in [0.29, 0.717) is 16.6 Å². The van der Waals surface area contributed by atoms with E-state index in [1.165, 1.54) is 6.07 Å². The first-order valence-electron chi connectivity index (χ1n) is 6.23. The molecule has 1 amide bonds. The van der Waals surface area contributed by atoms with Crippen LogP contribution in [0.25, 0.3) is 0 Å². The molecule has 0 spiro atoms. The quantitative estimate of drug-likeness (QED) is 0.824. The summed E-state index contributed by atoms with van der Waals surface area (Å²) in [7, 11) is 1.71. The van der Waals surface area contributed by atoms with E-state index in [9.17, 15) is 9.18 Å². The maximum absolute atomic E-state index is 13.5. The van der Waals surface area contributed by atoms with Gasteiger partial charge in [0.2, 0.25) is 0 Å². The lowest BCUT2D eigenvalue weighted by Crippen LogP contribution is -2.26. The summed E-state index contributed by atoms with van der Waals surface area (Å²) < 4.78 is 13.8. The molecule has 0 N–H and O–H groups in total. The van der Waals surface area contributed by atoms with Crippen LogP contribution in [0, 0.1) is 12.7 Å². The van der Waals surface area contributed by atoms with Gasteiger partial charge in [-0.15, -0.1) is 0 Å². The first-order valence-corrected chi connectivity index (χ1v) is 7.03. The monoisotopic (exact) mass is 335 g/mol. The second-order valence-corrected chi connectivity index (χ2v) is 5.63. The van der Waals surface area contributed by atoms with E-state index < -0.39 is 5.82 Å². The molecule has 0 bridgehead atoms. The molecular weight excluding hydrogens is 321 g/mol. The molecule has 4 heteroatoms. The third-order valence-electron chi connectivity index (χ3n) is 3.02. The molecule has 20 heavy (non-hydrogen) atoms. The number of carbonyl (C=O) groups excluding carboxylic acids is 1. The second kappa shape index (κ2) is 6.18. The van der Waals surface area contributed by atoms with Crippen LogP contribution in [-0.4, -0.2) is 17.9 Å². The van der Waals surface area contributed by atoms with Crippen LogP contribution < -0.4 is 0 Å². The Morgan fingerprint density at radius 2 is 2.00 bits per heavy atom. The van der Waals surface area contributed by atoms with Crippen molar-refractivity contribution in [3.8, 4) is 0 Å². The van der Waals surface area contributed by atoms with Gasteiger partial charge in [-0.05, 0) is 46.6 Å². The van der Waals surface area contributed by atoms with Crippen molar-refractivity contribution < 1.29 is 9.18 Å². The molecule has 2 nitrogen and oxygen atoms in total. The van der Waals surface area contributed by atoms with Crippen molar-refractivity contribution in [2.75, 3.05) is 7.05 Å². The highest BCUT2D eigenvalue weighted by atomic mass is 79.9. The zero-order chi connectivity index (χ0) is 14.7.